The lowest BCUT2D eigenvalue weighted by molar-refractivity contribution is -0.131. The minimum absolute atomic E-state index is 0.0135. The summed E-state index contributed by atoms with van der Waals surface area (Å²) in [6.45, 7) is 2.38. The number of hydrogen-bond acceptors (Lipinski definition) is 4. The van der Waals surface area contributed by atoms with Gasteiger partial charge >= 0.3 is 0 Å². The van der Waals surface area contributed by atoms with E-state index in [0.717, 1.165) is 12.1 Å². The van der Waals surface area contributed by atoms with Gasteiger partial charge in [0.05, 0.1) is 12.3 Å². The molecule has 1 aromatic heterocycles. The number of carbonyl (C=O) groups excluding carboxylic acids is 2. The Bertz CT molecular complexity index is 477. The van der Waals surface area contributed by atoms with Gasteiger partial charge in [-0.2, -0.15) is 0 Å². The van der Waals surface area contributed by atoms with E-state index in [0.29, 0.717) is 26.1 Å². The summed E-state index contributed by atoms with van der Waals surface area (Å²) in [4.78, 5) is 31.5. The third-order valence-corrected chi connectivity index (χ3v) is 3.56. The molecule has 1 aliphatic rings. The molecule has 0 bridgehead atoms. The zero-order valence-corrected chi connectivity index (χ0v) is 11.7. The number of primary amides is 1. The van der Waals surface area contributed by atoms with E-state index in [2.05, 4.69) is 4.98 Å². The number of carbonyl (C=O) groups is 2. The van der Waals surface area contributed by atoms with Crippen molar-refractivity contribution in [3.05, 3.63) is 30.1 Å². The summed E-state index contributed by atoms with van der Waals surface area (Å²) in [6.07, 6.45) is 3.68. The van der Waals surface area contributed by atoms with Gasteiger partial charge in [0, 0.05) is 38.6 Å². The van der Waals surface area contributed by atoms with Crippen molar-refractivity contribution in [1.29, 1.82) is 0 Å². The number of aromatic nitrogens is 1. The zero-order chi connectivity index (χ0) is 14.5. The molecule has 1 aromatic rings. The molecule has 0 aliphatic carbocycles. The lowest BCUT2D eigenvalue weighted by Crippen LogP contribution is -2.40. The number of hydrogen-bond donors (Lipinski definition) is 1. The summed E-state index contributed by atoms with van der Waals surface area (Å²) < 4.78 is 0. The summed E-state index contributed by atoms with van der Waals surface area (Å²) in [5, 5.41) is 0. The van der Waals surface area contributed by atoms with Crippen LogP contribution in [-0.2, 0) is 16.0 Å². The molecule has 6 nitrogen and oxygen atoms in total. The molecule has 2 rings (SSSR count). The van der Waals surface area contributed by atoms with Gasteiger partial charge < -0.3 is 15.5 Å². The van der Waals surface area contributed by atoms with Gasteiger partial charge in [-0.3, -0.25) is 14.6 Å². The minimum Gasteiger partial charge on any atom is -0.369 e. The average molecular weight is 276 g/mol. The Hall–Kier alpha value is -1.95. The Morgan fingerprint density at radius 3 is 2.85 bits per heavy atom. The Morgan fingerprint density at radius 1 is 1.40 bits per heavy atom. The van der Waals surface area contributed by atoms with Crippen LogP contribution in [0, 0.1) is 5.92 Å². The van der Waals surface area contributed by atoms with E-state index in [1.807, 2.05) is 24.1 Å². The van der Waals surface area contributed by atoms with Crippen molar-refractivity contribution in [2.75, 3.05) is 33.2 Å². The first kappa shape index (κ1) is 14.5. The first-order valence-electron chi connectivity index (χ1n) is 6.71. The van der Waals surface area contributed by atoms with Gasteiger partial charge in [0.1, 0.15) is 0 Å². The Morgan fingerprint density at radius 2 is 2.20 bits per heavy atom. The fourth-order valence-electron chi connectivity index (χ4n) is 2.37. The van der Waals surface area contributed by atoms with Crippen molar-refractivity contribution in [2.45, 2.75) is 6.42 Å². The molecule has 2 N–H and O–H groups in total. The zero-order valence-electron chi connectivity index (χ0n) is 11.7. The molecule has 20 heavy (non-hydrogen) atoms. The molecule has 1 saturated heterocycles. The molecule has 2 heterocycles. The van der Waals surface area contributed by atoms with Crippen LogP contribution < -0.4 is 5.73 Å². The number of amides is 2. The van der Waals surface area contributed by atoms with E-state index in [4.69, 9.17) is 5.73 Å². The van der Waals surface area contributed by atoms with E-state index < -0.39 is 0 Å². The van der Waals surface area contributed by atoms with E-state index in [1.54, 1.807) is 17.3 Å². The second kappa shape index (κ2) is 6.47. The fraction of sp³-hybridized carbons (Fsp3) is 0.500. The minimum atomic E-state index is -0.349. The highest BCUT2D eigenvalue weighted by atomic mass is 16.2. The molecular weight excluding hydrogens is 256 g/mol. The summed E-state index contributed by atoms with van der Waals surface area (Å²) in [5.41, 5.74) is 6.28. The van der Waals surface area contributed by atoms with Crippen molar-refractivity contribution in [2.24, 2.45) is 11.7 Å². The molecule has 1 aliphatic heterocycles. The Labute approximate surface area is 118 Å². The highest BCUT2D eigenvalue weighted by Crippen LogP contribution is 2.10. The number of nitrogens with zero attached hydrogens (tertiary/aromatic N) is 3. The van der Waals surface area contributed by atoms with E-state index >= 15 is 0 Å². The lowest BCUT2D eigenvalue weighted by atomic mass is 10.1. The maximum Gasteiger partial charge on any atom is 0.227 e. The Kier molecular flexibility index (Phi) is 4.68. The lowest BCUT2D eigenvalue weighted by Gasteiger charge is -2.22. The third kappa shape index (κ3) is 3.77. The highest BCUT2D eigenvalue weighted by Gasteiger charge is 2.27. The topological polar surface area (TPSA) is 79.5 Å². The standard InChI is InChI=1S/C14H20N4O2/c1-17-5-6-18(10-12(9-17)14(15)20)13(19)7-11-3-2-4-16-8-11/h2-4,8,12H,5-7,9-10H2,1H3,(H2,15,20)/t12-/m0/s1. The summed E-state index contributed by atoms with van der Waals surface area (Å²) in [5.74, 6) is -0.641. The van der Waals surface area contributed by atoms with Crippen molar-refractivity contribution in [1.82, 2.24) is 14.8 Å². The van der Waals surface area contributed by atoms with E-state index in [1.165, 1.54) is 0 Å². The smallest absolute Gasteiger partial charge is 0.227 e. The second-order valence-corrected chi connectivity index (χ2v) is 5.24. The second-order valence-electron chi connectivity index (χ2n) is 5.24. The van der Waals surface area contributed by atoms with Crippen LogP contribution in [0.2, 0.25) is 0 Å². The van der Waals surface area contributed by atoms with Crippen LogP contribution >= 0.6 is 0 Å². The monoisotopic (exact) mass is 276 g/mol. The van der Waals surface area contributed by atoms with Crippen molar-refractivity contribution < 1.29 is 9.59 Å². The molecule has 1 fully saturated rings. The van der Waals surface area contributed by atoms with E-state index in [-0.39, 0.29) is 17.7 Å². The van der Waals surface area contributed by atoms with Crippen molar-refractivity contribution >= 4 is 11.8 Å². The molecule has 0 aromatic carbocycles. The maximum atomic E-state index is 12.3. The highest BCUT2D eigenvalue weighted by molar-refractivity contribution is 5.81. The molecule has 0 unspecified atom stereocenters. The third-order valence-electron chi connectivity index (χ3n) is 3.56. The van der Waals surface area contributed by atoms with Gasteiger partial charge in [0.2, 0.25) is 11.8 Å². The molecule has 1 atom stereocenters. The largest absolute Gasteiger partial charge is 0.369 e. The quantitative estimate of drug-likeness (QED) is 0.807. The summed E-state index contributed by atoms with van der Waals surface area (Å²) in [6, 6.07) is 3.69. The van der Waals surface area contributed by atoms with Crippen LogP contribution in [0.1, 0.15) is 5.56 Å². The van der Waals surface area contributed by atoms with Gasteiger partial charge in [0.25, 0.3) is 0 Å². The van der Waals surface area contributed by atoms with Crippen LogP contribution in [0.4, 0.5) is 0 Å². The van der Waals surface area contributed by atoms with Gasteiger partial charge in [-0.05, 0) is 18.7 Å². The summed E-state index contributed by atoms with van der Waals surface area (Å²) in [7, 11) is 1.94. The molecule has 6 heteroatoms. The molecular formula is C14H20N4O2. The summed E-state index contributed by atoms with van der Waals surface area (Å²) >= 11 is 0. The van der Waals surface area contributed by atoms with Crippen LogP contribution in [0.3, 0.4) is 0 Å². The first-order valence-corrected chi connectivity index (χ1v) is 6.71. The maximum absolute atomic E-state index is 12.3. The van der Waals surface area contributed by atoms with E-state index in [9.17, 15) is 9.59 Å². The van der Waals surface area contributed by atoms with Gasteiger partial charge in [-0.1, -0.05) is 6.07 Å². The number of pyridine rings is 1. The Balaban J connectivity index is 2.02. The number of likely N-dealkylation sites (N-methyl/N-ethyl adjacent to an activating group) is 1. The number of nitrogens with two attached hydrogens (primary N) is 1. The van der Waals surface area contributed by atoms with Crippen LogP contribution in [0.25, 0.3) is 0 Å². The predicted octanol–water partition coefficient (Wildman–Crippen LogP) is -0.500. The fourth-order valence-corrected chi connectivity index (χ4v) is 2.37. The average Bonchev–Trinajstić information content (AvgIpc) is 2.62. The van der Waals surface area contributed by atoms with Gasteiger partial charge in [0.15, 0.2) is 0 Å². The van der Waals surface area contributed by atoms with Crippen LogP contribution in [-0.4, -0.2) is 59.8 Å². The SMILES string of the molecule is CN1CCN(C(=O)Cc2cccnc2)C[C@@H](C(N)=O)C1. The molecule has 2 amide bonds. The molecule has 0 spiro atoms. The number of rotatable bonds is 3. The van der Waals surface area contributed by atoms with Crippen LogP contribution in [0.15, 0.2) is 24.5 Å². The van der Waals surface area contributed by atoms with Gasteiger partial charge in [-0.15, -0.1) is 0 Å². The first-order chi connectivity index (χ1) is 9.56. The molecule has 0 radical (unpaired) electrons. The predicted molar refractivity (Wildman–Crippen MR) is 74.7 cm³/mol. The molecule has 0 saturated carbocycles. The van der Waals surface area contributed by atoms with Crippen molar-refractivity contribution in [3.8, 4) is 0 Å². The molecule has 108 valence electrons. The van der Waals surface area contributed by atoms with Gasteiger partial charge in [-0.25, -0.2) is 0 Å². The van der Waals surface area contributed by atoms with Crippen LogP contribution in [0.5, 0.6) is 0 Å². The van der Waals surface area contributed by atoms with Crippen molar-refractivity contribution in [3.63, 3.8) is 0 Å². The normalized spacial score (nSPS) is 20.4.